The third kappa shape index (κ3) is 3.43. The van der Waals surface area contributed by atoms with Crippen LogP contribution in [0.15, 0.2) is 24.3 Å². The van der Waals surface area contributed by atoms with E-state index >= 15 is 0 Å². The smallest absolute Gasteiger partial charge is 0.119 e. The average molecular weight is 236 g/mol. The predicted molar refractivity (Wildman–Crippen MR) is 66.5 cm³/mol. The van der Waals surface area contributed by atoms with Crippen LogP contribution in [0.25, 0.3) is 0 Å². The molecule has 4 heteroatoms. The molecule has 1 atom stereocenters. The third-order valence-corrected chi connectivity index (χ3v) is 3.18. The quantitative estimate of drug-likeness (QED) is 0.535. The van der Waals surface area contributed by atoms with E-state index in [1.165, 1.54) is 12.8 Å². The lowest BCUT2D eigenvalue weighted by atomic mass is 10.1. The second kappa shape index (κ2) is 6.00. The second-order valence-electron chi connectivity index (χ2n) is 4.52. The fourth-order valence-electron chi connectivity index (χ4n) is 2.20. The van der Waals surface area contributed by atoms with Gasteiger partial charge in [0.15, 0.2) is 0 Å². The van der Waals surface area contributed by atoms with E-state index in [1.54, 1.807) is 0 Å². The van der Waals surface area contributed by atoms with Crippen molar-refractivity contribution in [2.75, 3.05) is 6.54 Å². The number of aliphatic hydroxyl groups is 1. The zero-order valence-electron chi connectivity index (χ0n) is 9.93. The summed E-state index contributed by atoms with van der Waals surface area (Å²) in [6.45, 7) is 0.350. The van der Waals surface area contributed by atoms with Crippen LogP contribution in [-0.4, -0.2) is 17.8 Å². The lowest BCUT2D eigenvalue weighted by Gasteiger charge is -2.14. The maximum absolute atomic E-state index is 9.71. The molecule has 0 aromatic heterocycles. The lowest BCUT2D eigenvalue weighted by molar-refractivity contribution is 0.174. The fraction of sp³-hybridized carbons (Fsp3) is 0.538. The summed E-state index contributed by atoms with van der Waals surface area (Å²) in [5.74, 6) is 6.05. The molecular formula is C13H20N2O2. The number of ether oxygens (including phenoxy) is 1. The molecule has 1 aliphatic carbocycles. The molecule has 4 nitrogen and oxygen atoms in total. The normalized spacial score (nSPS) is 18.2. The molecule has 1 aromatic rings. The van der Waals surface area contributed by atoms with Crippen LogP contribution < -0.4 is 16.0 Å². The number of benzene rings is 1. The fourth-order valence-corrected chi connectivity index (χ4v) is 2.20. The van der Waals surface area contributed by atoms with Crippen LogP contribution in [-0.2, 0) is 0 Å². The zero-order valence-corrected chi connectivity index (χ0v) is 9.93. The van der Waals surface area contributed by atoms with E-state index < -0.39 is 6.10 Å². The molecule has 4 N–H and O–H groups in total. The van der Waals surface area contributed by atoms with Gasteiger partial charge in [-0.3, -0.25) is 11.3 Å². The van der Waals surface area contributed by atoms with Crippen LogP contribution in [0, 0.1) is 0 Å². The summed E-state index contributed by atoms with van der Waals surface area (Å²) in [7, 11) is 0. The van der Waals surface area contributed by atoms with Crippen LogP contribution in [0.3, 0.4) is 0 Å². The summed E-state index contributed by atoms with van der Waals surface area (Å²) < 4.78 is 5.85. The van der Waals surface area contributed by atoms with Crippen molar-refractivity contribution in [2.24, 2.45) is 5.84 Å². The molecule has 1 saturated carbocycles. The Morgan fingerprint density at radius 3 is 2.53 bits per heavy atom. The first-order valence-electron chi connectivity index (χ1n) is 6.18. The summed E-state index contributed by atoms with van der Waals surface area (Å²) in [4.78, 5) is 0. The average Bonchev–Trinajstić information content (AvgIpc) is 2.83. The maximum atomic E-state index is 9.71. The summed E-state index contributed by atoms with van der Waals surface area (Å²) >= 11 is 0. The predicted octanol–water partition coefficient (Wildman–Crippen LogP) is 1.50. The molecular weight excluding hydrogens is 216 g/mol. The van der Waals surface area contributed by atoms with E-state index in [0.717, 1.165) is 24.2 Å². The van der Waals surface area contributed by atoms with Crippen molar-refractivity contribution in [3.63, 3.8) is 0 Å². The standard InChI is InChI=1S/C13H20N2O2/c14-15-9-13(16)10-5-7-12(8-6-10)17-11-3-1-2-4-11/h5-8,11,13,15-16H,1-4,9,14H2. The SMILES string of the molecule is NNCC(O)c1ccc(OC2CCCC2)cc1. The maximum Gasteiger partial charge on any atom is 0.119 e. The van der Waals surface area contributed by atoms with Crippen molar-refractivity contribution in [1.82, 2.24) is 5.43 Å². The first kappa shape index (κ1) is 12.4. The van der Waals surface area contributed by atoms with Crippen molar-refractivity contribution >= 4 is 0 Å². The van der Waals surface area contributed by atoms with Gasteiger partial charge in [0.05, 0.1) is 12.2 Å². The largest absolute Gasteiger partial charge is 0.490 e. The van der Waals surface area contributed by atoms with Crippen LogP contribution in [0.1, 0.15) is 37.4 Å². The number of rotatable bonds is 5. The van der Waals surface area contributed by atoms with E-state index in [1.807, 2.05) is 24.3 Å². The topological polar surface area (TPSA) is 67.5 Å². The molecule has 2 rings (SSSR count). The van der Waals surface area contributed by atoms with E-state index in [2.05, 4.69) is 5.43 Å². The number of aliphatic hydroxyl groups excluding tert-OH is 1. The molecule has 0 spiro atoms. The summed E-state index contributed by atoms with van der Waals surface area (Å²) in [6.07, 6.45) is 4.65. The van der Waals surface area contributed by atoms with Gasteiger partial charge in [-0.15, -0.1) is 0 Å². The van der Waals surface area contributed by atoms with Gasteiger partial charge in [0.1, 0.15) is 5.75 Å². The molecule has 0 amide bonds. The molecule has 0 radical (unpaired) electrons. The van der Waals surface area contributed by atoms with E-state index in [4.69, 9.17) is 10.6 Å². The zero-order chi connectivity index (χ0) is 12.1. The van der Waals surface area contributed by atoms with E-state index in [0.29, 0.717) is 12.6 Å². The Morgan fingerprint density at radius 2 is 1.94 bits per heavy atom. The highest BCUT2D eigenvalue weighted by Gasteiger charge is 2.16. The minimum absolute atomic E-state index is 0.350. The Kier molecular flexibility index (Phi) is 4.36. The number of nitrogens with two attached hydrogens (primary N) is 1. The second-order valence-corrected chi connectivity index (χ2v) is 4.52. The van der Waals surface area contributed by atoms with Crippen molar-refractivity contribution in [3.8, 4) is 5.75 Å². The molecule has 1 aromatic carbocycles. The number of hydrogen-bond donors (Lipinski definition) is 3. The van der Waals surface area contributed by atoms with Gasteiger partial charge in [0, 0.05) is 6.54 Å². The molecule has 0 heterocycles. The minimum atomic E-state index is -0.569. The van der Waals surface area contributed by atoms with Gasteiger partial charge in [-0.25, -0.2) is 0 Å². The Labute approximate surface area is 102 Å². The molecule has 1 unspecified atom stereocenters. The Balaban J connectivity index is 1.92. The highest BCUT2D eigenvalue weighted by atomic mass is 16.5. The summed E-state index contributed by atoms with van der Waals surface area (Å²) in [5, 5.41) is 9.71. The monoisotopic (exact) mass is 236 g/mol. The molecule has 0 saturated heterocycles. The number of hydrogen-bond acceptors (Lipinski definition) is 4. The van der Waals surface area contributed by atoms with Gasteiger partial charge >= 0.3 is 0 Å². The molecule has 17 heavy (non-hydrogen) atoms. The highest BCUT2D eigenvalue weighted by molar-refractivity contribution is 5.28. The van der Waals surface area contributed by atoms with E-state index in [9.17, 15) is 5.11 Å². The third-order valence-electron chi connectivity index (χ3n) is 3.18. The first-order chi connectivity index (χ1) is 8.29. The van der Waals surface area contributed by atoms with Gasteiger partial charge < -0.3 is 9.84 Å². The van der Waals surface area contributed by atoms with Crippen molar-refractivity contribution in [1.29, 1.82) is 0 Å². The van der Waals surface area contributed by atoms with Gasteiger partial charge in [-0.05, 0) is 43.4 Å². The van der Waals surface area contributed by atoms with Gasteiger partial charge in [0.2, 0.25) is 0 Å². The highest BCUT2D eigenvalue weighted by Crippen LogP contribution is 2.25. The van der Waals surface area contributed by atoms with Gasteiger partial charge in [-0.2, -0.15) is 0 Å². The molecule has 1 fully saturated rings. The van der Waals surface area contributed by atoms with Crippen molar-refractivity contribution in [3.05, 3.63) is 29.8 Å². The molecule has 0 bridgehead atoms. The molecule has 1 aliphatic rings. The molecule has 94 valence electrons. The number of nitrogens with one attached hydrogen (secondary N) is 1. The Morgan fingerprint density at radius 1 is 1.29 bits per heavy atom. The van der Waals surface area contributed by atoms with Gasteiger partial charge in [0.25, 0.3) is 0 Å². The Bertz CT molecular complexity index is 334. The van der Waals surface area contributed by atoms with Crippen LogP contribution >= 0.6 is 0 Å². The van der Waals surface area contributed by atoms with Gasteiger partial charge in [-0.1, -0.05) is 12.1 Å². The molecule has 0 aliphatic heterocycles. The summed E-state index contributed by atoms with van der Waals surface area (Å²) in [5.41, 5.74) is 3.31. The number of hydrazine groups is 1. The lowest BCUT2D eigenvalue weighted by Crippen LogP contribution is -2.27. The van der Waals surface area contributed by atoms with Crippen LogP contribution in [0.2, 0.25) is 0 Å². The van der Waals surface area contributed by atoms with E-state index in [-0.39, 0.29) is 0 Å². The minimum Gasteiger partial charge on any atom is -0.490 e. The van der Waals surface area contributed by atoms with Crippen LogP contribution in [0.5, 0.6) is 5.75 Å². The first-order valence-corrected chi connectivity index (χ1v) is 6.18. The van der Waals surface area contributed by atoms with Crippen molar-refractivity contribution < 1.29 is 9.84 Å². The summed E-state index contributed by atoms with van der Waals surface area (Å²) in [6, 6.07) is 7.58. The Hall–Kier alpha value is -1.10. The van der Waals surface area contributed by atoms with Crippen LogP contribution in [0.4, 0.5) is 0 Å². The van der Waals surface area contributed by atoms with Crippen molar-refractivity contribution in [2.45, 2.75) is 37.9 Å².